The first-order valence-corrected chi connectivity index (χ1v) is 5.67. The van der Waals surface area contributed by atoms with Crippen molar-refractivity contribution in [3.63, 3.8) is 0 Å². The molecule has 1 aromatic carbocycles. The van der Waals surface area contributed by atoms with Gasteiger partial charge in [-0.1, -0.05) is 19.1 Å². The van der Waals surface area contributed by atoms with Crippen LogP contribution in [0.4, 0.5) is 0 Å². The second-order valence-corrected chi connectivity index (χ2v) is 4.10. The van der Waals surface area contributed by atoms with Crippen molar-refractivity contribution in [3.8, 4) is 5.75 Å². The fraction of sp³-hybridized carbons (Fsp3) is 0.500. The van der Waals surface area contributed by atoms with Crippen LogP contribution in [0.5, 0.6) is 5.75 Å². The monoisotopic (exact) mass is 227 g/mol. The molecule has 0 bridgehead atoms. The lowest BCUT2D eigenvalue weighted by atomic mass is 10.2. The molecule has 0 spiro atoms. The van der Waals surface area contributed by atoms with Crippen molar-refractivity contribution in [2.24, 2.45) is 0 Å². The smallest absolute Gasteiger partial charge is 0.118 e. The van der Waals surface area contributed by atoms with Crippen molar-refractivity contribution in [3.05, 3.63) is 29.8 Å². The summed E-state index contributed by atoms with van der Waals surface area (Å²) < 4.78 is 5.09. The Morgan fingerprint density at radius 1 is 1.33 bits per heavy atom. The predicted octanol–water partition coefficient (Wildman–Crippen LogP) is 2.80. The van der Waals surface area contributed by atoms with Gasteiger partial charge in [0.2, 0.25) is 0 Å². The SMILES string of the molecule is CCC(Cl)CNCc1ccc(OC)cc1. The highest BCUT2D eigenvalue weighted by Crippen LogP contribution is 2.11. The number of nitrogens with one attached hydrogen (secondary N) is 1. The summed E-state index contributed by atoms with van der Waals surface area (Å²) in [4.78, 5) is 0. The van der Waals surface area contributed by atoms with Crippen LogP contribution >= 0.6 is 11.6 Å². The molecule has 1 atom stereocenters. The van der Waals surface area contributed by atoms with E-state index in [1.54, 1.807) is 7.11 Å². The van der Waals surface area contributed by atoms with Gasteiger partial charge in [0.1, 0.15) is 5.75 Å². The summed E-state index contributed by atoms with van der Waals surface area (Å²) in [5, 5.41) is 3.54. The molecule has 0 saturated heterocycles. The van der Waals surface area contributed by atoms with E-state index in [4.69, 9.17) is 16.3 Å². The molecule has 0 aliphatic heterocycles. The Morgan fingerprint density at radius 2 is 2.00 bits per heavy atom. The number of hydrogen-bond donors (Lipinski definition) is 1. The third kappa shape index (κ3) is 4.54. The Hall–Kier alpha value is -0.730. The van der Waals surface area contributed by atoms with Gasteiger partial charge in [0, 0.05) is 18.5 Å². The van der Waals surface area contributed by atoms with Gasteiger partial charge < -0.3 is 10.1 Å². The lowest BCUT2D eigenvalue weighted by Gasteiger charge is -2.08. The Balaban J connectivity index is 2.31. The maximum Gasteiger partial charge on any atom is 0.118 e. The number of ether oxygens (including phenoxy) is 1. The van der Waals surface area contributed by atoms with Crippen LogP contribution in [0.2, 0.25) is 0 Å². The standard InChI is InChI=1S/C12H18ClNO/c1-3-11(13)9-14-8-10-4-6-12(15-2)7-5-10/h4-7,11,14H,3,8-9H2,1-2H3. The van der Waals surface area contributed by atoms with Crippen LogP contribution in [0.1, 0.15) is 18.9 Å². The third-order valence-corrected chi connectivity index (χ3v) is 2.76. The fourth-order valence-electron chi connectivity index (χ4n) is 1.26. The van der Waals surface area contributed by atoms with Crippen molar-refractivity contribution in [1.29, 1.82) is 0 Å². The van der Waals surface area contributed by atoms with Crippen LogP contribution in [-0.2, 0) is 6.54 Å². The van der Waals surface area contributed by atoms with E-state index >= 15 is 0 Å². The highest BCUT2D eigenvalue weighted by molar-refractivity contribution is 6.20. The molecule has 15 heavy (non-hydrogen) atoms. The average molecular weight is 228 g/mol. The van der Waals surface area contributed by atoms with Gasteiger partial charge in [-0.15, -0.1) is 11.6 Å². The molecule has 84 valence electrons. The van der Waals surface area contributed by atoms with Crippen LogP contribution in [0.25, 0.3) is 0 Å². The minimum absolute atomic E-state index is 0.225. The number of alkyl halides is 1. The van der Waals surface area contributed by atoms with Gasteiger partial charge in [-0.3, -0.25) is 0 Å². The molecular formula is C12H18ClNO. The molecule has 0 heterocycles. The molecule has 3 heteroatoms. The van der Waals surface area contributed by atoms with E-state index in [-0.39, 0.29) is 5.38 Å². The summed E-state index contributed by atoms with van der Waals surface area (Å²) in [6, 6.07) is 8.05. The third-order valence-electron chi connectivity index (χ3n) is 2.30. The van der Waals surface area contributed by atoms with E-state index in [0.29, 0.717) is 0 Å². The van der Waals surface area contributed by atoms with Gasteiger partial charge in [-0.2, -0.15) is 0 Å². The maximum atomic E-state index is 6.00. The topological polar surface area (TPSA) is 21.3 Å². The Bertz CT molecular complexity index is 273. The van der Waals surface area contributed by atoms with E-state index in [1.165, 1.54) is 5.56 Å². The van der Waals surface area contributed by atoms with Crippen molar-refractivity contribution >= 4 is 11.6 Å². The minimum Gasteiger partial charge on any atom is -0.497 e. The van der Waals surface area contributed by atoms with Crippen LogP contribution in [0.15, 0.2) is 24.3 Å². The number of halogens is 1. The first-order valence-electron chi connectivity index (χ1n) is 5.24. The zero-order valence-electron chi connectivity index (χ0n) is 9.29. The molecule has 1 rings (SSSR count). The van der Waals surface area contributed by atoms with Gasteiger partial charge in [-0.05, 0) is 24.1 Å². The molecule has 1 aromatic rings. The first-order chi connectivity index (χ1) is 7.26. The van der Waals surface area contributed by atoms with Gasteiger partial charge in [0.25, 0.3) is 0 Å². The van der Waals surface area contributed by atoms with Gasteiger partial charge in [-0.25, -0.2) is 0 Å². The van der Waals surface area contributed by atoms with Crippen LogP contribution < -0.4 is 10.1 Å². The van der Waals surface area contributed by atoms with Gasteiger partial charge in [0.15, 0.2) is 0 Å². The molecule has 0 aliphatic rings. The summed E-state index contributed by atoms with van der Waals surface area (Å²) >= 11 is 6.00. The number of hydrogen-bond acceptors (Lipinski definition) is 2. The molecule has 2 nitrogen and oxygen atoms in total. The summed E-state index contributed by atoms with van der Waals surface area (Å²) in [5.74, 6) is 0.891. The quantitative estimate of drug-likeness (QED) is 0.755. The molecule has 0 aliphatic carbocycles. The van der Waals surface area contributed by atoms with Gasteiger partial charge >= 0.3 is 0 Å². The Morgan fingerprint density at radius 3 is 2.53 bits per heavy atom. The first kappa shape index (κ1) is 12.3. The second kappa shape index (κ2) is 6.70. The fourth-order valence-corrected chi connectivity index (χ4v) is 1.37. The molecule has 0 radical (unpaired) electrons. The molecular weight excluding hydrogens is 210 g/mol. The van der Waals surface area contributed by atoms with Crippen LogP contribution in [0, 0.1) is 0 Å². The molecule has 0 amide bonds. The van der Waals surface area contributed by atoms with E-state index in [9.17, 15) is 0 Å². The Kier molecular flexibility index (Phi) is 5.51. The van der Waals surface area contributed by atoms with E-state index in [2.05, 4.69) is 24.4 Å². The second-order valence-electron chi connectivity index (χ2n) is 3.48. The highest BCUT2D eigenvalue weighted by Gasteiger charge is 2.00. The van der Waals surface area contributed by atoms with Crippen molar-refractivity contribution in [2.45, 2.75) is 25.3 Å². The van der Waals surface area contributed by atoms with Crippen LogP contribution in [-0.4, -0.2) is 19.0 Å². The zero-order chi connectivity index (χ0) is 11.1. The molecule has 0 aromatic heterocycles. The lowest BCUT2D eigenvalue weighted by molar-refractivity contribution is 0.414. The molecule has 0 saturated carbocycles. The minimum atomic E-state index is 0.225. The average Bonchev–Trinajstić information content (AvgIpc) is 2.29. The Labute approximate surface area is 96.6 Å². The number of rotatable bonds is 6. The summed E-state index contributed by atoms with van der Waals surface area (Å²) in [7, 11) is 1.67. The van der Waals surface area contributed by atoms with E-state index < -0.39 is 0 Å². The summed E-state index contributed by atoms with van der Waals surface area (Å²) in [6.45, 7) is 3.80. The van der Waals surface area contributed by atoms with Crippen molar-refractivity contribution in [1.82, 2.24) is 5.32 Å². The molecule has 0 fully saturated rings. The summed E-state index contributed by atoms with van der Waals surface area (Å²) in [5.41, 5.74) is 1.25. The number of benzene rings is 1. The van der Waals surface area contributed by atoms with Crippen LogP contribution in [0.3, 0.4) is 0 Å². The maximum absolute atomic E-state index is 6.00. The van der Waals surface area contributed by atoms with Crippen molar-refractivity contribution < 1.29 is 4.74 Å². The zero-order valence-corrected chi connectivity index (χ0v) is 10.1. The lowest BCUT2D eigenvalue weighted by Crippen LogP contribution is -2.22. The number of methoxy groups -OCH3 is 1. The highest BCUT2D eigenvalue weighted by atomic mass is 35.5. The summed E-state index contributed by atoms with van der Waals surface area (Å²) in [6.07, 6.45) is 0.997. The largest absolute Gasteiger partial charge is 0.497 e. The van der Waals surface area contributed by atoms with E-state index in [1.807, 2.05) is 12.1 Å². The van der Waals surface area contributed by atoms with Crippen molar-refractivity contribution in [2.75, 3.05) is 13.7 Å². The predicted molar refractivity (Wildman–Crippen MR) is 64.6 cm³/mol. The molecule has 1 unspecified atom stereocenters. The molecule has 1 N–H and O–H groups in total. The van der Waals surface area contributed by atoms with E-state index in [0.717, 1.165) is 25.3 Å². The normalized spacial score (nSPS) is 12.5. The van der Waals surface area contributed by atoms with Gasteiger partial charge in [0.05, 0.1) is 7.11 Å².